The van der Waals surface area contributed by atoms with Crippen molar-refractivity contribution < 1.29 is 47.5 Å². The highest BCUT2D eigenvalue weighted by Crippen LogP contribution is 2.15. The average molecular weight is 676 g/mol. The van der Waals surface area contributed by atoms with Crippen LogP contribution in [0.1, 0.15) is 31.8 Å². The first-order chi connectivity index (χ1) is 23.5. The van der Waals surface area contributed by atoms with Gasteiger partial charge in [-0.25, -0.2) is 0 Å². The lowest BCUT2D eigenvalue weighted by molar-refractivity contribution is 0.0335. The molecule has 2 aromatic rings. The van der Waals surface area contributed by atoms with Gasteiger partial charge in [0.25, 0.3) is 11.8 Å². The van der Waals surface area contributed by atoms with Gasteiger partial charge < -0.3 is 47.7 Å². The van der Waals surface area contributed by atoms with E-state index in [1.54, 1.807) is 86.8 Å². The van der Waals surface area contributed by atoms with Gasteiger partial charge in [0.15, 0.2) is 0 Å². The van der Waals surface area contributed by atoms with Gasteiger partial charge in [0.1, 0.15) is 0 Å². The van der Waals surface area contributed by atoms with E-state index in [0.717, 1.165) is 0 Å². The number of carbonyl (C=O) groups is 2. The van der Waals surface area contributed by atoms with Crippen molar-refractivity contribution in [2.45, 2.75) is 0 Å². The van der Waals surface area contributed by atoms with Crippen LogP contribution in [0, 0.1) is 5.41 Å². The van der Waals surface area contributed by atoms with Crippen LogP contribution in [0.15, 0.2) is 48.5 Å². The number of rotatable bonds is 28. The van der Waals surface area contributed by atoms with E-state index < -0.39 is 0 Å². The number of amides is 2. The van der Waals surface area contributed by atoms with E-state index in [1.165, 1.54) is 0 Å². The van der Waals surface area contributed by atoms with Gasteiger partial charge in [-0.1, -0.05) is 24.3 Å². The Hall–Kier alpha value is -3.27. The van der Waals surface area contributed by atoms with Gasteiger partial charge >= 0.3 is 0 Å². The molecule has 2 rings (SSSR count). The van der Waals surface area contributed by atoms with Crippen molar-refractivity contribution in [2.24, 2.45) is 0 Å². The van der Waals surface area contributed by atoms with Crippen LogP contribution in [0.4, 0.5) is 0 Å². The maximum Gasteiger partial charge on any atom is 0.254 e. The third-order valence-corrected chi connectivity index (χ3v) is 7.16. The summed E-state index contributed by atoms with van der Waals surface area (Å²) in [5, 5.41) is 8.78. The standard InChI is InChI=1S/C35H53N3O10/c1-41-21-25-45-17-13-37(14-18-46-26-22-42-2)34(39)31-9-5-29(6-10-31)33(36)30-7-11-32(12-8-30)35(40)38(15-19-47-27-23-43-3)16-20-48-28-24-44-4/h5-12,36H,13-28H2,1-4H3. The van der Waals surface area contributed by atoms with E-state index in [2.05, 4.69) is 0 Å². The highest BCUT2D eigenvalue weighted by Gasteiger charge is 2.18. The van der Waals surface area contributed by atoms with E-state index in [4.69, 9.17) is 43.3 Å². The Morgan fingerprint density at radius 1 is 0.438 bits per heavy atom. The van der Waals surface area contributed by atoms with Crippen LogP contribution < -0.4 is 0 Å². The Kier molecular flexibility index (Phi) is 21.9. The van der Waals surface area contributed by atoms with Crippen molar-refractivity contribution in [3.8, 4) is 0 Å². The van der Waals surface area contributed by atoms with Crippen LogP contribution >= 0.6 is 0 Å². The van der Waals surface area contributed by atoms with Gasteiger partial charge in [-0.15, -0.1) is 0 Å². The smallest absolute Gasteiger partial charge is 0.254 e. The molecule has 48 heavy (non-hydrogen) atoms. The number of methoxy groups -OCH3 is 4. The molecular formula is C35H53N3O10. The molecule has 268 valence electrons. The Balaban J connectivity index is 2.04. The second kappa shape index (κ2) is 25.7. The van der Waals surface area contributed by atoms with E-state index in [-0.39, 0.29) is 17.5 Å². The number of ether oxygens (including phenoxy) is 8. The fourth-order valence-electron chi connectivity index (χ4n) is 4.40. The second-order valence-corrected chi connectivity index (χ2v) is 10.5. The zero-order chi connectivity index (χ0) is 34.8. The van der Waals surface area contributed by atoms with Crippen molar-refractivity contribution in [1.29, 1.82) is 5.41 Å². The fraction of sp³-hybridized carbons (Fsp3) is 0.571. The largest absolute Gasteiger partial charge is 0.382 e. The van der Waals surface area contributed by atoms with Gasteiger partial charge in [0.05, 0.1) is 85.0 Å². The van der Waals surface area contributed by atoms with E-state index >= 15 is 0 Å². The highest BCUT2D eigenvalue weighted by molar-refractivity contribution is 6.11. The molecule has 0 aliphatic carbocycles. The lowest BCUT2D eigenvalue weighted by atomic mass is 9.99. The fourth-order valence-corrected chi connectivity index (χ4v) is 4.40. The number of hydrogen-bond acceptors (Lipinski definition) is 11. The molecule has 0 heterocycles. The molecule has 13 heteroatoms. The van der Waals surface area contributed by atoms with Crippen LogP contribution in [-0.4, -0.2) is 161 Å². The number of nitrogens with one attached hydrogen (secondary N) is 1. The van der Waals surface area contributed by atoms with Gasteiger partial charge in [0, 0.05) is 76.9 Å². The molecular weight excluding hydrogens is 622 g/mol. The minimum Gasteiger partial charge on any atom is -0.382 e. The van der Waals surface area contributed by atoms with Crippen LogP contribution in [0.25, 0.3) is 0 Å². The number of nitrogens with zero attached hydrogens (tertiary/aromatic N) is 2. The Labute approximate surface area is 284 Å². The maximum atomic E-state index is 13.4. The average Bonchev–Trinajstić information content (AvgIpc) is 3.12. The zero-order valence-electron chi connectivity index (χ0n) is 28.9. The molecule has 0 aromatic heterocycles. The molecule has 0 spiro atoms. The number of carbonyl (C=O) groups excluding carboxylic acids is 2. The van der Waals surface area contributed by atoms with Crippen molar-refractivity contribution in [1.82, 2.24) is 9.80 Å². The van der Waals surface area contributed by atoms with E-state index in [9.17, 15) is 9.59 Å². The van der Waals surface area contributed by atoms with Crippen LogP contribution in [-0.2, 0) is 37.9 Å². The number of hydrogen-bond donors (Lipinski definition) is 1. The van der Waals surface area contributed by atoms with Gasteiger partial charge in [0.2, 0.25) is 0 Å². The van der Waals surface area contributed by atoms with Gasteiger partial charge in [-0.05, 0) is 24.3 Å². The van der Waals surface area contributed by atoms with E-state index in [0.29, 0.717) is 128 Å². The monoisotopic (exact) mass is 675 g/mol. The molecule has 1 N–H and O–H groups in total. The molecule has 2 amide bonds. The quantitative estimate of drug-likeness (QED) is 0.106. The first kappa shape index (κ1) is 40.9. The number of benzene rings is 2. The Bertz CT molecular complexity index is 1050. The molecule has 13 nitrogen and oxygen atoms in total. The second-order valence-electron chi connectivity index (χ2n) is 10.5. The molecule has 0 aliphatic rings. The first-order valence-corrected chi connectivity index (χ1v) is 16.1. The molecule has 0 unspecified atom stereocenters. The Morgan fingerprint density at radius 3 is 0.938 bits per heavy atom. The molecule has 0 fully saturated rings. The predicted molar refractivity (Wildman–Crippen MR) is 181 cm³/mol. The summed E-state index contributed by atoms with van der Waals surface area (Å²) in [6, 6.07) is 13.9. The molecule has 0 atom stereocenters. The normalized spacial score (nSPS) is 11.1. The maximum absolute atomic E-state index is 13.4. The van der Waals surface area contributed by atoms with Crippen LogP contribution in [0.3, 0.4) is 0 Å². The molecule has 0 radical (unpaired) electrons. The topological polar surface area (TPSA) is 138 Å². The Morgan fingerprint density at radius 2 is 0.688 bits per heavy atom. The predicted octanol–water partition coefficient (Wildman–Crippen LogP) is 2.64. The van der Waals surface area contributed by atoms with Gasteiger partial charge in [-0.2, -0.15) is 0 Å². The third kappa shape index (κ3) is 15.8. The molecule has 2 aromatic carbocycles. The minimum absolute atomic E-state index is 0.153. The molecule has 0 saturated heterocycles. The SMILES string of the molecule is COCCOCCN(CCOCCOC)C(=O)c1ccc(C(=N)c2ccc(C(=O)N(CCOCCOC)CCOCCOC)cc2)cc1. The summed E-state index contributed by atoms with van der Waals surface area (Å²) in [5.41, 5.74) is 2.56. The van der Waals surface area contributed by atoms with Gasteiger partial charge in [-0.3, -0.25) is 15.0 Å². The first-order valence-electron chi connectivity index (χ1n) is 16.1. The summed E-state index contributed by atoms with van der Waals surface area (Å²) in [7, 11) is 6.44. The summed E-state index contributed by atoms with van der Waals surface area (Å²) in [4.78, 5) is 30.1. The summed E-state index contributed by atoms with van der Waals surface area (Å²) < 4.78 is 42.4. The summed E-state index contributed by atoms with van der Waals surface area (Å²) in [6.07, 6.45) is 0. The highest BCUT2D eigenvalue weighted by atomic mass is 16.5. The zero-order valence-corrected chi connectivity index (χ0v) is 28.9. The molecule has 0 aliphatic heterocycles. The lowest BCUT2D eigenvalue weighted by Gasteiger charge is -2.23. The lowest BCUT2D eigenvalue weighted by Crippen LogP contribution is -2.37. The van der Waals surface area contributed by atoms with E-state index in [1.807, 2.05) is 0 Å². The van der Waals surface area contributed by atoms with Crippen molar-refractivity contribution in [2.75, 3.05) is 134 Å². The summed E-state index contributed by atoms with van der Waals surface area (Å²) in [5.74, 6) is -0.307. The van der Waals surface area contributed by atoms with Crippen molar-refractivity contribution in [3.05, 3.63) is 70.8 Å². The third-order valence-electron chi connectivity index (χ3n) is 7.16. The van der Waals surface area contributed by atoms with Crippen LogP contribution in [0.2, 0.25) is 0 Å². The summed E-state index contributed by atoms with van der Waals surface area (Å²) in [6.45, 7) is 6.80. The molecule has 0 saturated carbocycles. The van der Waals surface area contributed by atoms with Crippen LogP contribution in [0.5, 0.6) is 0 Å². The summed E-state index contributed by atoms with van der Waals surface area (Å²) >= 11 is 0. The van der Waals surface area contributed by atoms with Crippen molar-refractivity contribution in [3.63, 3.8) is 0 Å². The minimum atomic E-state index is -0.153. The van der Waals surface area contributed by atoms with Crippen molar-refractivity contribution >= 4 is 17.5 Å². The molecule has 0 bridgehead atoms.